The maximum absolute atomic E-state index is 13.1. The second kappa shape index (κ2) is 17.3. The lowest BCUT2D eigenvalue weighted by molar-refractivity contribution is -0.138. The van der Waals surface area contributed by atoms with Crippen molar-refractivity contribution in [3.63, 3.8) is 0 Å². The number of carboxylic acids is 1. The molecule has 244 valence electrons. The van der Waals surface area contributed by atoms with E-state index in [9.17, 15) is 35.9 Å². The van der Waals surface area contributed by atoms with Crippen LogP contribution in [0.4, 0.5) is 26.3 Å². The van der Waals surface area contributed by atoms with E-state index in [4.69, 9.17) is 10.8 Å². The van der Waals surface area contributed by atoms with Crippen LogP contribution in [-0.4, -0.2) is 45.5 Å². The van der Waals surface area contributed by atoms with E-state index in [2.05, 4.69) is 108 Å². The second-order valence-corrected chi connectivity index (χ2v) is 28.6. The average molecular weight is 912 g/mol. The van der Waals surface area contributed by atoms with Crippen LogP contribution in [0.15, 0.2) is 36.4 Å². The molecule has 1 amide bonds. The largest absolute Gasteiger partial charge is 0.478 e. The van der Waals surface area contributed by atoms with Gasteiger partial charge in [0.1, 0.15) is 0 Å². The Bertz CT molecular complexity index is 1230. The van der Waals surface area contributed by atoms with Gasteiger partial charge in [-0.15, -0.1) is 0 Å². The Kier molecular flexibility index (Phi) is 17.0. The van der Waals surface area contributed by atoms with E-state index in [0.717, 1.165) is 24.4 Å². The standard InChI is InChI=1S/C13H16Br2F3NOSi.C9H5Br2F3O2.C4H13NSi/c1-21(2,3)7-19-12(20)8-4-5-9(11(14)15)10(6-8)13(16,17)18;10-7(11)5-2-1-4(8(15)16)3-6(5)9(12,13)14;1-6(2,3)4-5/h4-6,11H,7H2,1-3H3,(H,19,20);1-3,7H,(H,15,16);4-5H2,1-3H3. The predicted molar refractivity (Wildman–Crippen MR) is 179 cm³/mol. The number of benzene rings is 2. The first-order valence-corrected chi connectivity index (χ1v) is 23.5. The van der Waals surface area contributed by atoms with Gasteiger partial charge in [0.05, 0.1) is 40.3 Å². The molecular formula is C26H34Br4F6N2O3Si2. The number of aromatic carboxylic acids is 1. The van der Waals surface area contributed by atoms with E-state index in [1.54, 1.807) is 0 Å². The Morgan fingerprint density at radius 1 is 0.767 bits per heavy atom. The summed E-state index contributed by atoms with van der Waals surface area (Å²) in [6, 6.07) is 6.47. The molecule has 2 aromatic rings. The van der Waals surface area contributed by atoms with Crippen molar-refractivity contribution in [3.05, 3.63) is 69.8 Å². The lowest BCUT2D eigenvalue weighted by Crippen LogP contribution is -2.39. The maximum atomic E-state index is 13.1. The number of alkyl halides is 10. The first-order chi connectivity index (χ1) is 19.2. The van der Waals surface area contributed by atoms with E-state index in [-0.39, 0.29) is 16.7 Å². The van der Waals surface area contributed by atoms with Crippen LogP contribution in [0.3, 0.4) is 0 Å². The maximum Gasteiger partial charge on any atom is 0.416 e. The molecule has 0 aromatic heterocycles. The van der Waals surface area contributed by atoms with Crippen LogP contribution in [0.5, 0.6) is 0 Å². The zero-order valence-corrected chi connectivity index (χ0v) is 32.5. The van der Waals surface area contributed by atoms with Crippen molar-refractivity contribution in [1.29, 1.82) is 0 Å². The molecule has 0 fully saturated rings. The average Bonchev–Trinajstić information content (AvgIpc) is 2.85. The molecule has 4 N–H and O–H groups in total. The number of hydrogen-bond acceptors (Lipinski definition) is 3. The van der Waals surface area contributed by atoms with Gasteiger partial charge in [-0.3, -0.25) is 4.79 Å². The van der Waals surface area contributed by atoms with Crippen LogP contribution < -0.4 is 11.1 Å². The third-order valence-corrected chi connectivity index (χ3v) is 9.52. The van der Waals surface area contributed by atoms with Gasteiger partial charge in [-0.25, -0.2) is 4.79 Å². The number of hydrogen-bond donors (Lipinski definition) is 3. The molecule has 5 nitrogen and oxygen atoms in total. The molecule has 2 aromatic carbocycles. The number of nitrogens with one attached hydrogen (secondary N) is 1. The van der Waals surface area contributed by atoms with Crippen molar-refractivity contribution in [3.8, 4) is 0 Å². The highest BCUT2D eigenvalue weighted by molar-refractivity contribution is 9.24. The van der Waals surface area contributed by atoms with Crippen molar-refractivity contribution in [2.24, 2.45) is 5.73 Å². The number of carbonyl (C=O) groups is 2. The number of rotatable bonds is 7. The quantitative estimate of drug-likeness (QED) is 0.147. The summed E-state index contributed by atoms with van der Waals surface area (Å²) in [4.78, 5) is 22.5. The highest BCUT2D eigenvalue weighted by Crippen LogP contribution is 2.41. The molecule has 0 aliphatic carbocycles. The predicted octanol–water partition coefficient (Wildman–Crippen LogP) is 10.1. The molecule has 17 heteroatoms. The smallest absolute Gasteiger partial charge is 0.416 e. The fraction of sp³-hybridized carbons (Fsp3) is 0.462. The fourth-order valence-corrected chi connectivity index (χ4v) is 4.99. The van der Waals surface area contributed by atoms with Crippen molar-refractivity contribution >= 4 is 91.7 Å². The van der Waals surface area contributed by atoms with E-state index in [1.807, 2.05) is 0 Å². The van der Waals surface area contributed by atoms with Gasteiger partial charge in [-0.05, 0) is 41.6 Å². The summed E-state index contributed by atoms with van der Waals surface area (Å²) >= 11 is 12.0. The van der Waals surface area contributed by atoms with Gasteiger partial charge < -0.3 is 16.2 Å². The molecule has 43 heavy (non-hydrogen) atoms. The summed E-state index contributed by atoms with van der Waals surface area (Å²) < 4.78 is 75.7. The van der Waals surface area contributed by atoms with Crippen LogP contribution in [0, 0.1) is 0 Å². The van der Waals surface area contributed by atoms with E-state index in [0.29, 0.717) is 12.2 Å². The van der Waals surface area contributed by atoms with Gasteiger partial charge >= 0.3 is 18.3 Å². The molecule has 0 heterocycles. The summed E-state index contributed by atoms with van der Waals surface area (Å²) in [5.74, 6) is -1.87. The Labute approximate surface area is 283 Å². The number of nitrogens with two attached hydrogens (primary N) is 1. The Hall–Kier alpha value is -0.726. The van der Waals surface area contributed by atoms with Crippen LogP contribution in [0.25, 0.3) is 0 Å². The van der Waals surface area contributed by atoms with E-state index < -0.39 is 64.5 Å². The molecule has 2 rings (SSSR count). The molecule has 0 atom stereocenters. The normalized spacial score (nSPS) is 12.3. The van der Waals surface area contributed by atoms with Crippen LogP contribution in [0.2, 0.25) is 39.3 Å². The third-order valence-electron chi connectivity index (χ3n) is 5.09. The summed E-state index contributed by atoms with van der Waals surface area (Å²) in [6.45, 7) is 13.0. The zero-order valence-electron chi connectivity index (χ0n) is 24.2. The molecule has 0 saturated carbocycles. The van der Waals surface area contributed by atoms with Gasteiger partial charge in [0.15, 0.2) is 0 Å². The van der Waals surface area contributed by atoms with Crippen molar-refractivity contribution in [2.45, 2.75) is 59.1 Å². The summed E-state index contributed by atoms with van der Waals surface area (Å²) in [7, 11) is -2.35. The Morgan fingerprint density at radius 3 is 1.40 bits per heavy atom. The summed E-state index contributed by atoms with van der Waals surface area (Å²) in [6.07, 6.45) is -7.66. The second-order valence-electron chi connectivity index (χ2n) is 11.5. The number of carboxylic acid groups (broad SMARTS) is 1. The lowest BCUT2D eigenvalue weighted by atomic mass is 10.0. The first-order valence-electron chi connectivity index (χ1n) is 12.4. The third kappa shape index (κ3) is 16.4. The Morgan fingerprint density at radius 2 is 1.12 bits per heavy atom. The molecular weight excluding hydrogens is 878 g/mol. The summed E-state index contributed by atoms with van der Waals surface area (Å²) in [5, 5.41) is 11.3. The Balaban J connectivity index is 0.000000707. The SMILES string of the molecule is C[Si](C)(C)CN.C[Si](C)(C)CNC(=O)c1ccc(C(Br)Br)c(C(F)(F)F)c1.O=C(O)c1ccc(C(Br)Br)c(C(F)(F)F)c1. The van der Waals surface area contributed by atoms with Gasteiger partial charge in [0.25, 0.3) is 5.91 Å². The minimum absolute atomic E-state index is 0.0185. The van der Waals surface area contributed by atoms with Gasteiger partial charge in [-0.1, -0.05) is 115 Å². The minimum atomic E-state index is -4.58. The molecule has 0 aliphatic heterocycles. The van der Waals surface area contributed by atoms with Gasteiger partial charge in [0.2, 0.25) is 0 Å². The molecule has 0 bridgehead atoms. The van der Waals surface area contributed by atoms with Crippen LogP contribution in [0.1, 0.15) is 50.4 Å². The van der Waals surface area contributed by atoms with Gasteiger partial charge in [-0.2, -0.15) is 26.3 Å². The van der Waals surface area contributed by atoms with Crippen molar-refractivity contribution in [1.82, 2.24) is 5.32 Å². The molecule has 0 spiro atoms. The number of halogens is 10. The minimum Gasteiger partial charge on any atom is -0.478 e. The number of carbonyl (C=O) groups excluding carboxylic acids is 1. The van der Waals surface area contributed by atoms with E-state index in [1.165, 1.54) is 12.1 Å². The molecule has 0 radical (unpaired) electrons. The zero-order chi connectivity index (χ0) is 34.1. The monoisotopic (exact) mass is 908 g/mol. The van der Waals surface area contributed by atoms with Crippen molar-refractivity contribution < 1.29 is 41.0 Å². The topological polar surface area (TPSA) is 92.4 Å². The van der Waals surface area contributed by atoms with Crippen LogP contribution in [-0.2, 0) is 12.4 Å². The highest BCUT2D eigenvalue weighted by atomic mass is 79.9. The highest BCUT2D eigenvalue weighted by Gasteiger charge is 2.36. The van der Waals surface area contributed by atoms with Crippen molar-refractivity contribution in [2.75, 3.05) is 12.3 Å². The number of amides is 1. The van der Waals surface area contributed by atoms with Gasteiger partial charge in [0, 0.05) is 11.7 Å². The lowest BCUT2D eigenvalue weighted by Gasteiger charge is -2.18. The fourth-order valence-electron chi connectivity index (χ4n) is 2.71. The molecule has 0 aliphatic rings. The van der Waals surface area contributed by atoms with Crippen LogP contribution >= 0.6 is 63.7 Å². The molecule has 0 saturated heterocycles. The summed E-state index contributed by atoms with van der Waals surface area (Å²) in [5.41, 5.74) is 3.20. The first kappa shape index (κ1) is 42.3. The molecule has 0 unspecified atom stereocenters. The van der Waals surface area contributed by atoms with E-state index >= 15 is 0 Å².